The molecule has 1 amide bonds. The smallest absolute Gasteiger partial charge is 0.261 e. The standard InChI is InChI=1S/C14H14BrNOS/c1-10(11-5-3-2-4-6-11)9-16-14(17)12-7-8-13(15)18-12/h2-8,10H,9H2,1H3,(H,16,17). The number of amides is 1. The van der Waals surface area contributed by atoms with Crippen LogP contribution < -0.4 is 5.32 Å². The van der Waals surface area contributed by atoms with Gasteiger partial charge in [0.15, 0.2) is 0 Å². The summed E-state index contributed by atoms with van der Waals surface area (Å²) in [6.07, 6.45) is 0. The molecule has 1 unspecified atom stereocenters. The highest BCUT2D eigenvalue weighted by molar-refractivity contribution is 9.11. The maximum absolute atomic E-state index is 11.9. The molecule has 1 atom stereocenters. The van der Waals surface area contributed by atoms with E-state index in [1.54, 1.807) is 0 Å². The van der Waals surface area contributed by atoms with E-state index < -0.39 is 0 Å². The van der Waals surface area contributed by atoms with Gasteiger partial charge in [0, 0.05) is 6.54 Å². The molecule has 94 valence electrons. The topological polar surface area (TPSA) is 29.1 Å². The van der Waals surface area contributed by atoms with E-state index in [1.165, 1.54) is 16.9 Å². The van der Waals surface area contributed by atoms with Crippen molar-refractivity contribution in [2.45, 2.75) is 12.8 Å². The molecule has 0 spiro atoms. The Balaban J connectivity index is 1.90. The molecule has 1 aromatic heterocycles. The highest BCUT2D eigenvalue weighted by Crippen LogP contribution is 2.22. The second-order valence-corrected chi connectivity index (χ2v) is 6.59. The predicted molar refractivity (Wildman–Crippen MR) is 79.2 cm³/mol. The fourth-order valence-electron chi connectivity index (χ4n) is 1.67. The lowest BCUT2D eigenvalue weighted by atomic mass is 10.0. The van der Waals surface area contributed by atoms with E-state index in [1.807, 2.05) is 30.3 Å². The van der Waals surface area contributed by atoms with E-state index in [0.717, 1.165) is 8.66 Å². The van der Waals surface area contributed by atoms with Crippen molar-refractivity contribution >= 4 is 33.2 Å². The minimum Gasteiger partial charge on any atom is -0.351 e. The van der Waals surface area contributed by atoms with Crippen molar-refractivity contribution in [1.82, 2.24) is 5.32 Å². The van der Waals surface area contributed by atoms with Crippen LogP contribution in [-0.4, -0.2) is 12.5 Å². The number of nitrogens with one attached hydrogen (secondary N) is 1. The summed E-state index contributed by atoms with van der Waals surface area (Å²) in [5, 5.41) is 2.96. The lowest BCUT2D eigenvalue weighted by Crippen LogP contribution is -2.26. The van der Waals surface area contributed by atoms with Gasteiger partial charge in [-0.2, -0.15) is 0 Å². The van der Waals surface area contributed by atoms with E-state index in [9.17, 15) is 4.79 Å². The summed E-state index contributed by atoms with van der Waals surface area (Å²) in [5.74, 6) is 0.312. The van der Waals surface area contributed by atoms with Crippen molar-refractivity contribution < 1.29 is 4.79 Å². The number of thiophene rings is 1. The summed E-state index contributed by atoms with van der Waals surface area (Å²) in [7, 11) is 0. The third kappa shape index (κ3) is 3.43. The molecule has 0 radical (unpaired) electrons. The largest absolute Gasteiger partial charge is 0.351 e. The first-order valence-electron chi connectivity index (χ1n) is 5.75. The molecule has 2 aromatic rings. The van der Waals surface area contributed by atoms with Crippen LogP contribution in [0.1, 0.15) is 28.1 Å². The number of hydrogen-bond acceptors (Lipinski definition) is 2. The van der Waals surface area contributed by atoms with Crippen LogP contribution in [0.25, 0.3) is 0 Å². The van der Waals surface area contributed by atoms with Crippen molar-refractivity contribution in [1.29, 1.82) is 0 Å². The Hall–Kier alpha value is -1.13. The van der Waals surface area contributed by atoms with Gasteiger partial charge >= 0.3 is 0 Å². The van der Waals surface area contributed by atoms with Crippen LogP contribution in [0.5, 0.6) is 0 Å². The Kier molecular flexibility index (Phi) is 4.55. The van der Waals surface area contributed by atoms with Gasteiger partial charge in [0.2, 0.25) is 0 Å². The van der Waals surface area contributed by atoms with Crippen LogP contribution in [0, 0.1) is 0 Å². The summed E-state index contributed by atoms with van der Waals surface area (Å²) in [4.78, 5) is 12.6. The predicted octanol–water partition coefficient (Wildman–Crippen LogP) is 4.04. The van der Waals surface area contributed by atoms with Gasteiger partial charge in [-0.15, -0.1) is 11.3 Å². The number of rotatable bonds is 4. The van der Waals surface area contributed by atoms with Crippen molar-refractivity contribution in [3.05, 3.63) is 56.7 Å². The first-order valence-corrected chi connectivity index (χ1v) is 7.36. The van der Waals surface area contributed by atoms with Gasteiger partial charge in [-0.25, -0.2) is 0 Å². The lowest BCUT2D eigenvalue weighted by Gasteiger charge is -2.12. The first-order chi connectivity index (χ1) is 8.66. The summed E-state index contributed by atoms with van der Waals surface area (Å²) >= 11 is 4.80. The van der Waals surface area contributed by atoms with E-state index in [0.29, 0.717) is 12.5 Å². The maximum Gasteiger partial charge on any atom is 0.261 e. The summed E-state index contributed by atoms with van der Waals surface area (Å²) in [6, 6.07) is 13.9. The fourth-order valence-corrected chi connectivity index (χ4v) is 2.97. The van der Waals surface area contributed by atoms with Crippen LogP contribution >= 0.6 is 27.3 Å². The molecule has 4 heteroatoms. The van der Waals surface area contributed by atoms with E-state index in [2.05, 4.69) is 40.3 Å². The molecule has 2 nitrogen and oxygen atoms in total. The SMILES string of the molecule is CC(CNC(=O)c1ccc(Br)s1)c1ccccc1. The van der Waals surface area contributed by atoms with Crippen LogP contribution in [0.2, 0.25) is 0 Å². The van der Waals surface area contributed by atoms with Gasteiger partial charge in [0.25, 0.3) is 5.91 Å². The van der Waals surface area contributed by atoms with E-state index in [-0.39, 0.29) is 5.91 Å². The number of carbonyl (C=O) groups is 1. The van der Waals surface area contributed by atoms with Gasteiger partial charge in [-0.3, -0.25) is 4.79 Å². The monoisotopic (exact) mass is 323 g/mol. The zero-order chi connectivity index (χ0) is 13.0. The molecular weight excluding hydrogens is 310 g/mol. The number of benzene rings is 1. The normalized spacial score (nSPS) is 12.1. The number of halogens is 1. The van der Waals surface area contributed by atoms with Crippen LogP contribution in [0.3, 0.4) is 0 Å². The average molecular weight is 324 g/mol. The molecule has 1 aromatic carbocycles. The highest BCUT2D eigenvalue weighted by Gasteiger charge is 2.10. The highest BCUT2D eigenvalue weighted by atomic mass is 79.9. The third-order valence-corrected chi connectivity index (χ3v) is 4.36. The Labute approximate surface area is 119 Å². The molecule has 0 aliphatic carbocycles. The second-order valence-electron chi connectivity index (χ2n) is 4.13. The quantitative estimate of drug-likeness (QED) is 0.903. The minimum absolute atomic E-state index is 0.00604. The molecule has 0 fully saturated rings. The molecule has 0 bridgehead atoms. The van der Waals surface area contributed by atoms with Crippen LogP contribution in [0.4, 0.5) is 0 Å². The van der Waals surface area contributed by atoms with Gasteiger partial charge in [-0.05, 0) is 39.5 Å². The van der Waals surface area contributed by atoms with Crippen molar-refractivity contribution in [3.8, 4) is 0 Å². The van der Waals surface area contributed by atoms with E-state index >= 15 is 0 Å². The van der Waals surface area contributed by atoms with Gasteiger partial charge in [-0.1, -0.05) is 37.3 Å². The Morgan fingerprint density at radius 3 is 2.61 bits per heavy atom. The summed E-state index contributed by atoms with van der Waals surface area (Å²) in [6.45, 7) is 2.76. The number of hydrogen-bond donors (Lipinski definition) is 1. The number of carbonyl (C=O) groups excluding carboxylic acids is 1. The van der Waals surface area contributed by atoms with Crippen LogP contribution in [0.15, 0.2) is 46.3 Å². The summed E-state index contributed by atoms with van der Waals surface area (Å²) < 4.78 is 0.976. The Bertz CT molecular complexity index is 524. The third-order valence-electron chi connectivity index (χ3n) is 2.73. The zero-order valence-corrected chi connectivity index (χ0v) is 12.4. The molecule has 18 heavy (non-hydrogen) atoms. The fraction of sp³-hybridized carbons (Fsp3) is 0.214. The maximum atomic E-state index is 11.9. The van der Waals surface area contributed by atoms with Crippen molar-refractivity contribution in [2.75, 3.05) is 6.54 Å². The lowest BCUT2D eigenvalue weighted by molar-refractivity contribution is 0.0955. The molecule has 0 saturated heterocycles. The molecule has 0 saturated carbocycles. The zero-order valence-electron chi connectivity index (χ0n) is 10.0. The molecule has 1 heterocycles. The molecule has 0 aliphatic rings. The van der Waals surface area contributed by atoms with Crippen molar-refractivity contribution in [3.63, 3.8) is 0 Å². The van der Waals surface area contributed by atoms with Gasteiger partial charge < -0.3 is 5.32 Å². The average Bonchev–Trinajstić information content (AvgIpc) is 2.83. The molecule has 0 aliphatic heterocycles. The Morgan fingerprint density at radius 1 is 1.28 bits per heavy atom. The minimum atomic E-state index is -0.00604. The second kappa shape index (κ2) is 6.16. The summed E-state index contributed by atoms with van der Waals surface area (Å²) in [5.41, 5.74) is 1.24. The Morgan fingerprint density at radius 2 is 2.00 bits per heavy atom. The van der Waals surface area contributed by atoms with E-state index in [4.69, 9.17) is 0 Å². The van der Waals surface area contributed by atoms with Gasteiger partial charge in [0.05, 0.1) is 8.66 Å². The molecular formula is C14H14BrNOS. The molecule has 2 rings (SSSR count). The van der Waals surface area contributed by atoms with Crippen molar-refractivity contribution in [2.24, 2.45) is 0 Å². The van der Waals surface area contributed by atoms with Gasteiger partial charge in [0.1, 0.15) is 0 Å². The molecule has 1 N–H and O–H groups in total. The first kappa shape index (κ1) is 13.3. The van der Waals surface area contributed by atoms with Crippen LogP contribution in [-0.2, 0) is 0 Å².